The summed E-state index contributed by atoms with van der Waals surface area (Å²) in [5.74, 6) is 0.256. The third-order valence-corrected chi connectivity index (χ3v) is 7.20. The summed E-state index contributed by atoms with van der Waals surface area (Å²) in [4.78, 5) is 34.6. The molecular weight excluding hydrogens is 472 g/mol. The molecule has 0 radical (unpaired) electrons. The van der Waals surface area contributed by atoms with Gasteiger partial charge >= 0.3 is 0 Å². The average molecular weight is 503 g/mol. The monoisotopic (exact) mass is 502 g/mol. The maximum atomic E-state index is 13.5. The summed E-state index contributed by atoms with van der Waals surface area (Å²) in [5, 5.41) is 22.0. The van der Waals surface area contributed by atoms with Gasteiger partial charge in [-0.15, -0.1) is 0 Å². The summed E-state index contributed by atoms with van der Waals surface area (Å²) < 4.78 is 5.72. The number of aromatic hydroxyl groups is 1. The number of fused-ring (bicyclic) bond motifs is 2. The van der Waals surface area contributed by atoms with Crippen LogP contribution in [0.5, 0.6) is 5.75 Å². The Morgan fingerprint density at radius 3 is 2.59 bits per heavy atom. The number of benzene rings is 2. The number of carbonyl (C=O) groups is 2. The molecule has 3 aromatic rings. The zero-order valence-electron chi connectivity index (χ0n) is 21.0. The Labute approximate surface area is 214 Å². The summed E-state index contributed by atoms with van der Waals surface area (Å²) in [6.07, 6.45) is 0.428. The maximum absolute atomic E-state index is 13.5. The predicted molar refractivity (Wildman–Crippen MR) is 138 cm³/mol. The molecule has 192 valence electrons. The summed E-state index contributed by atoms with van der Waals surface area (Å²) in [6.45, 7) is 8.32. The maximum Gasteiger partial charge on any atom is 0.258 e. The van der Waals surface area contributed by atoms with Crippen LogP contribution in [0.1, 0.15) is 51.4 Å². The van der Waals surface area contributed by atoms with Crippen LogP contribution in [-0.2, 0) is 24.2 Å². The largest absolute Gasteiger partial charge is 0.507 e. The fraction of sp³-hybridized carbons (Fsp3) is 0.407. The van der Waals surface area contributed by atoms with Crippen LogP contribution in [0.25, 0.3) is 10.9 Å². The van der Waals surface area contributed by atoms with Crippen molar-refractivity contribution in [2.45, 2.75) is 38.9 Å². The minimum atomic E-state index is -0.270. The third kappa shape index (κ3) is 4.42. The number of nitrogens with zero attached hydrogens (tertiary/aromatic N) is 4. The van der Waals surface area contributed by atoms with Crippen LogP contribution in [0.15, 0.2) is 35.3 Å². The van der Waals surface area contributed by atoms with Gasteiger partial charge in [0.05, 0.1) is 28.7 Å². The molecule has 2 amide bonds. The fourth-order valence-electron chi connectivity index (χ4n) is 5.20. The van der Waals surface area contributed by atoms with E-state index in [0.717, 1.165) is 35.3 Å². The van der Waals surface area contributed by atoms with E-state index < -0.39 is 0 Å². The van der Waals surface area contributed by atoms with E-state index in [0.29, 0.717) is 56.2 Å². The SMILES string of the molecule is CC1(C)COC(Cc2[nH]nc3cc(O)c(C(=O)N4Cc5ccc(C(=O)N6CCNCC6)cc5C4)cc23)=N1. The van der Waals surface area contributed by atoms with Gasteiger partial charge in [-0.3, -0.25) is 14.7 Å². The number of rotatable bonds is 4. The molecule has 0 unspecified atom stereocenters. The molecule has 1 aromatic heterocycles. The molecule has 0 atom stereocenters. The lowest BCUT2D eigenvalue weighted by Crippen LogP contribution is -2.46. The second kappa shape index (κ2) is 8.88. The van der Waals surface area contributed by atoms with Crippen LogP contribution in [-0.4, -0.2) is 81.1 Å². The number of nitrogens with one attached hydrogen (secondary N) is 2. The number of ether oxygens (including phenoxy) is 1. The van der Waals surface area contributed by atoms with E-state index in [9.17, 15) is 14.7 Å². The molecule has 1 fully saturated rings. The number of aliphatic imine (C=N–C) groups is 1. The lowest BCUT2D eigenvalue weighted by Gasteiger charge is -2.27. The topological polar surface area (TPSA) is 123 Å². The van der Waals surface area contributed by atoms with Crippen LogP contribution in [0.2, 0.25) is 0 Å². The van der Waals surface area contributed by atoms with E-state index in [1.165, 1.54) is 6.07 Å². The number of hydrogen-bond acceptors (Lipinski definition) is 7. The molecule has 0 aliphatic carbocycles. The van der Waals surface area contributed by atoms with Crippen molar-refractivity contribution in [1.29, 1.82) is 0 Å². The Kier molecular flexibility index (Phi) is 5.63. The zero-order valence-corrected chi connectivity index (χ0v) is 21.0. The highest BCUT2D eigenvalue weighted by atomic mass is 16.5. The van der Waals surface area contributed by atoms with E-state index in [1.807, 2.05) is 36.9 Å². The summed E-state index contributed by atoms with van der Waals surface area (Å²) in [6, 6.07) is 8.87. The first-order chi connectivity index (χ1) is 17.8. The van der Waals surface area contributed by atoms with Gasteiger partial charge in [0.25, 0.3) is 11.8 Å². The van der Waals surface area contributed by atoms with Gasteiger partial charge < -0.3 is 25.0 Å². The number of phenolic OH excluding ortho intramolecular Hbond substituents is 1. The summed E-state index contributed by atoms with van der Waals surface area (Å²) in [5.41, 5.74) is 3.91. The van der Waals surface area contributed by atoms with Crippen LogP contribution in [0.3, 0.4) is 0 Å². The van der Waals surface area contributed by atoms with Gasteiger partial charge in [-0.1, -0.05) is 6.07 Å². The molecule has 37 heavy (non-hydrogen) atoms. The molecule has 4 heterocycles. The molecular formula is C27H30N6O4. The van der Waals surface area contributed by atoms with Gasteiger partial charge in [-0.25, -0.2) is 4.99 Å². The number of aromatic amines is 1. The predicted octanol–water partition coefficient (Wildman–Crippen LogP) is 2.22. The molecule has 2 aromatic carbocycles. The number of piperazine rings is 1. The van der Waals surface area contributed by atoms with E-state index >= 15 is 0 Å². The van der Waals surface area contributed by atoms with Crippen molar-refractivity contribution in [2.24, 2.45) is 4.99 Å². The highest BCUT2D eigenvalue weighted by Crippen LogP contribution is 2.31. The number of carbonyl (C=O) groups excluding carboxylic acids is 2. The van der Waals surface area contributed by atoms with Crippen molar-refractivity contribution in [3.05, 3.63) is 58.3 Å². The smallest absolute Gasteiger partial charge is 0.258 e. The van der Waals surface area contributed by atoms with E-state index in [2.05, 4.69) is 20.5 Å². The van der Waals surface area contributed by atoms with Gasteiger partial charge in [0.2, 0.25) is 0 Å². The molecule has 6 rings (SSSR count). The van der Waals surface area contributed by atoms with Gasteiger partial charge in [-0.2, -0.15) is 5.10 Å². The number of hydrogen-bond donors (Lipinski definition) is 3. The molecule has 1 saturated heterocycles. The Balaban J connectivity index is 1.22. The first-order valence-corrected chi connectivity index (χ1v) is 12.6. The zero-order chi connectivity index (χ0) is 25.7. The minimum Gasteiger partial charge on any atom is -0.507 e. The van der Waals surface area contributed by atoms with Crippen LogP contribution in [0, 0.1) is 0 Å². The number of amides is 2. The van der Waals surface area contributed by atoms with Crippen molar-refractivity contribution in [2.75, 3.05) is 32.8 Å². The Bertz CT molecular complexity index is 1440. The van der Waals surface area contributed by atoms with E-state index in [-0.39, 0.29) is 28.7 Å². The third-order valence-electron chi connectivity index (χ3n) is 7.20. The molecule has 0 spiro atoms. The van der Waals surface area contributed by atoms with Crippen molar-refractivity contribution in [1.82, 2.24) is 25.3 Å². The minimum absolute atomic E-state index is 0.0175. The first-order valence-electron chi connectivity index (χ1n) is 12.6. The molecule has 10 nitrogen and oxygen atoms in total. The highest BCUT2D eigenvalue weighted by Gasteiger charge is 2.30. The molecule has 0 bridgehead atoms. The number of phenols is 1. The van der Waals surface area contributed by atoms with Crippen LogP contribution < -0.4 is 5.32 Å². The summed E-state index contributed by atoms with van der Waals surface area (Å²) in [7, 11) is 0. The van der Waals surface area contributed by atoms with Crippen molar-refractivity contribution in [3.63, 3.8) is 0 Å². The lowest BCUT2D eigenvalue weighted by atomic mass is 10.1. The van der Waals surface area contributed by atoms with Crippen LogP contribution >= 0.6 is 0 Å². The summed E-state index contributed by atoms with van der Waals surface area (Å²) >= 11 is 0. The molecule has 10 heteroatoms. The first kappa shape index (κ1) is 23.5. The van der Waals surface area contributed by atoms with Crippen molar-refractivity contribution in [3.8, 4) is 5.75 Å². The standard InChI is InChI=1S/C27H30N6O4/c1-27(2)15-37-24(29-27)12-22-19-10-20(23(34)11-21(19)30-31-22)26(36)33-13-17-4-3-16(9-18(17)14-33)25(35)32-7-5-28-6-8-32/h3-4,9-11,28,34H,5-8,12-15H2,1-2H3,(H,30,31). The van der Waals surface area contributed by atoms with Gasteiger partial charge in [0, 0.05) is 56.3 Å². The second-order valence-electron chi connectivity index (χ2n) is 10.6. The lowest BCUT2D eigenvalue weighted by molar-refractivity contribution is 0.0734. The molecule has 3 N–H and O–H groups in total. The van der Waals surface area contributed by atoms with Gasteiger partial charge in [-0.05, 0) is 43.2 Å². The van der Waals surface area contributed by atoms with Crippen LogP contribution in [0.4, 0.5) is 0 Å². The fourth-order valence-corrected chi connectivity index (χ4v) is 5.20. The van der Waals surface area contributed by atoms with E-state index in [1.54, 1.807) is 11.0 Å². The Morgan fingerprint density at radius 1 is 1.05 bits per heavy atom. The quantitative estimate of drug-likeness (QED) is 0.503. The number of aromatic nitrogens is 2. The van der Waals surface area contributed by atoms with Gasteiger partial charge in [0.15, 0.2) is 5.90 Å². The highest BCUT2D eigenvalue weighted by molar-refractivity contribution is 6.02. The molecule has 0 saturated carbocycles. The van der Waals surface area contributed by atoms with Crippen molar-refractivity contribution < 1.29 is 19.4 Å². The Hall–Kier alpha value is -3.92. The van der Waals surface area contributed by atoms with Gasteiger partial charge in [0.1, 0.15) is 12.4 Å². The normalized spacial score (nSPS) is 18.6. The van der Waals surface area contributed by atoms with Crippen molar-refractivity contribution >= 4 is 28.6 Å². The molecule has 3 aliphatic rings. The van der Waals surface area contributed by atoms with E-state index in [4.69, 9.17) is 4.74 Å². The molecule has 3 aliphatic heterocycles. The number of H-pyrrole nitrogens is 1. The second-order valence-corrected chi connectivity index (χ2v) is 10.6. The average Bonchev–Trinajstić information content (AvgIpc) is 3.59. The Morgan fingerprint density at radius 2 is 1.84 bits per heavy atom.